The van der Waals surface area contributed by atoms with Crippen LogP contribution in [0.4, 0.5) is 4.79 Å². The van der Waals surface area contributed by atoms with E-state index in [1.165, 1.54) is 0 Å². The van der Waals surface area contributed by atoms with Gasteiger partial charge in [0.25, 0.3) is 0 Å². The molecule has 7 nitrogen and oxygen atoms in total. The van der Waals surface area contributed by atoms with Crippen molar-refractivity contribution in [3.05, 3.63) is 59.1 Å². The van der Waals surface area contributed by atoms with Crippen molar-refractivity contribution < 1.29 is 28.9 Å². The van der Waals surface area contributed by atoms with Crippen LogP contribution in [-0.4, -0.2) is 66.0 Å². The fraction of sp³-hybridized carbons (Fsp3) is 0.462. The number of benzene rings is 2. The number of aliphatic carboxylic acids is 1. The molecule has 0 radical (unpaired) electrons. The van der Waals surface area contributed by atoms with Gasteiger partial charge in [0, 0.05) is 25.3 Å². The Morgan fingerprint density at radius 3 is 2.46 bits per heavy atom. The molecule has 0 saturated carbocycles. The molecule has 0 bridgehead atoms. The van der Waals surface area contributed by atoms with E-state index < -0.39 is 18.2 Å². The summed E-state index contributed by atoms with van der Waals surface area (Å²) in [4.78, 5) is 25.7. The molecule has 1 N–H and O–H groups in total. The topological polar surface area (TPSA) is 85.3 Å². The maximum Gasteiger partial charge on any atom is 0.415 e. The largest absolute Gasteiger partial charge is 0.492 e. The number of rotatable bonds is 16. The van der Waals surface area contributed by atoms with Gasteiger partial charge >= 0.3 is 12.1 Å². The van der Waals surface area contributed by atoms with E-state index in [1.54, 1.807) is 60.0 Å². The average molecular weight is 524 g/mol. The number of carbonyl (C=O) groups excluding carboxylic acids is 1. The fourth-order valence-corrected chi connectivity index (χ4v) is 4.35. The zero-order valence-electron chi connectivity index (χ0n) is 20.3. The number of unbranched alkanes of at least 4 members (excludes halogenated alkanes) is 1. The highest BCUT2D eigenvalue weighted by atomic mass is 35.5. The van der Waals surface area contributed by atoms with Crippen molar-refractivity contribution in [3.63, 3.8) is 0 Å². The number of carboxylic acid groups (broad SMARTS) is 1. The predicted octanol–water partition coefficient (Wildman–Crippen LogP) is 5.79. The standard InChI is InChI=1S/C26H34ClNO6S/c1-3-5-17-35-18-15-28(26(31)34-23-9-7-6-8-22(23)27)14-16-33-21-12-10-20(11-13-21)19-24(25(29)30)32-4-2/h6-13,24H,3-5,14-19H2,1-2H3,(H,29,30). The second kappa shape index (κ2) is 16.3. The normalized spacial score (nSPS) is 11.6. The van der Waals surface area contributed by atoms with Crippen LogP contribution in [0.1, 0.15) is 32.3 Å². The lowest BCUT2D eigenvalue weighted by molar-refractivity contribution is -0.149. The summed E-state index contributed by atoms with van der Waals surface area (Å²) in [5.41, 5.74) is 0.840. The van der Waals surface area contributed by atoms with Crippen molar-refractivity contribution in [3.8, 4) is 11.5 Å². The number of thioether (sulfide) groups is 1. The van der Waals surface area contributed by atoms with Crippen molar-refractivity contribution in [2.75, 3.05) is 37.8 Å². The maximum absolute atomic E-state index is 12.8. The van der Waals surface area contributed by atoms with E-state index in [1.807, 2.05) is 12.1 Å². The number of carboxylic acids is 1. The Hall–Kier alpha value is -2.42. The summed E-state index contributed by atoms with van der Waals surface area (Å²) < 4.78 is 16.6. The van der Waals surface area contributed by atoms with E-state index in [0.717, 1.165) is 29.9 Å². The third kappa shape index (κ3) is 10.8. The molecule has 0 aromatic heterocycles. The molecule has 2 aromatic carbocycles. The first-order chi connectivity index (χ1) is 16.9. The van der Waals surface area contributed by atoms with Crippen LogP contribution in [0.15, 0.2) is 48.5 Å². The van der Waals surface area contributed by atoms with Crippen molar-refractivity contribution in [1.82, 2.24) is 4.90 Å². The molecule has 0 aliphatic heterocycles. The highest BCUT2D eigenvalue weighted by molar-refractivity contribution is 7.99. The Bertz CT molecular complexity index is 911. The smallest absolute Gasteiger partial charge is 0.415 e. The van der Waals surface area contributed by atoms with E-state index in [2.05, 4.69) is 6.92 Å². The quantitative estimate of drug-likeness (QED) is 0.279. The number of hydrogen-bond acceptors (Lipinski definition) is 6. The van der Waals surface area contributed by atoms with Crippen LogP contribution in [0.2, 0.25) is 5.02 Å². The van der Waals surface area contributed by atoms with Gasteiger partial charge in [-0.15, -0.1) is 0 Å². The summed E-state index contributed by atoms with van der Waals surface area (Å²) in [6, 6.07) is 14.1. The first kappa shape index (κ1) is 28.8. The van der Waals surface area contributed by atoms with Crippen LogP contribution < -0.4 is 9.47 Å². The summed E-state index contributed by atoms with van der Waals surface area (Å²) in [6.07, 6.45) is 1.22. The van der Waals surface area contributed by atoms with Crippen molar-refractivity contribution in [1.29, 1.82) is 0 Å². The molecule has 2 aromatic rings. The summed E-state index contributed by atoms with van der Waals surface area (Å²) >= 11 is 7.94. The summed E-state index contributed by atoms with van der Waals surface area (Å²) in [6.45, 7) is 5.43. The second-order valence-electron chi connectivity index (χ2n) is 7.73. The van der Waals surface area contributed by atoms with Gasteiger partial charge < -0.3 is 24.2 Å². The van der Waals surface area contributed by atoms with Crippen molar-refractivity contribution >= 4 is 35.4 Å². The fourth-order valence-electron chi connectivity index (χ4n) is 3.13. The summed E-state index contributed by atoms with van der Waals surface area (Å²) in [7, 11) is 0. The molecule has 0 heterocycles. The summed E-state index contributed by atoms with van der Waals surface area (Å²) in [5, 5.41) is 9.62. The minimum atomic E-state index is -0.983. The van der Waals surface area contributed by atoms with Gasteiger partial charge in [0.15, 0.2) is 11.9 Å². The van der Waals surface area contributed by atoms with Gasteiger partial charge in [0.05, 0.1) is 11.6 Å². The Labute approximate surface area is 216 Å². The molecule has 0 spiro atoms. The Morgan fingerprint density at radius 1 is 1.06 bits per heavy atom. The van der Waals surface area contributed by atoms with E-state index in [4.69, 9.17) is 25.8 Å². The Morgan fingerprint density at radius 2 is 1.80 bits per heavy atom. The zero-order valence-corrected chi connectivity index (χ0v) is 21.9. The molecule has 35 heavy (non-hydrogen) atoms. The molecule has 1 amide bonds. The highest BCUT2D eigenvalue weighted by Crippen LogP contribution is 2.24. The van der Waals surface area contributed by atoms with Crippen LogP contribution in [0.3, 0.4) is 0 Å². The van der Waals surface area contributed by atoms with Gasteiger partial charge in [0.1, 0.15) is 12.4 Å². The lowest BCUT2D eigenvalue weighted by Crippen LogP contribution is -2.38. The number of nitrogens with zero attached hydrogens (tertiary/aromatic N) is 1. The number of para-hydroxylation sites is 1. The van der Waals surface area contributed by atoms with Crippen LogP contribution in [0.25, 0.3) is 0 Å². The van der Waals surface area contributed by atoms with Gasteiger partial charge in [-0.25, -0.2) is 9.59 Å². The van der Waals surface area contributed by atoms with Crippen molar-refractivity contribution in [2.24, 2.45) is 0 Å². The molecule has 1 atom stereocenters. The monoisotopic (exact) mass is 523 g/mol. The molecule has 2 rings (SSSR count). The minimum Gasteiger partial charge on any atom is -0.492 e. The van der Waals surface area contributed by atoms with Gasteiger partial charge in [-0.1, -0.05) is 49.2 Å². The first-order valence-corrected chi connectivity index (χ1v) is 13.3. The molecule has 192 valence electrons. The van der Waals surface area contributed by atoms with Gasteiger partial charge in [-0.3, -0.25) is 0 Å². The number of hydrogen-bond donors (Lipinski definition) is 1. The molecule has 1 unspecified atom stereocenters. The van der Waals surface area contributed by atoms with Gasteiger partial charge in [-0.05, 0) is 48.9 Å². The number of ether oxygens (including phenoxy) is 3. The van der Waals surface area contributed by atoms with E-state index in [0.29, 0.717) is 36.2 Å². The van der Waals surface area contributed by atoms with Gasteiger partial charge in [0.2, 0.25) is 0 Å². The predicted molar refractivity (Wildman–Crippen MR) is 140 cm³/mol. The van der Waals surface area contributed by atoms with E-state index in [9.17, 15) is 14.7 Å². The van der Waals surface area contributed by atoms with Crippen molar-refractivity contribution in [2.45, 2.75) is 39.2 Å². The number of halogens is 1. The molecule has 0 aliphatic carbocycles. The van der Waals surface area contributed by atoms with Gasteiger partial charge in [-0.2, -0.15) is 11.8 Å². The van der Waals surface area contributed by atoms with E-state index >= 15 is 0 Å². The molecule has 9 heteroatoms. The van der Waals surface area contributed by atoms with Crippen LogP contribution >= 0.6 is 23.4 Å². The zero-order chi connectivity index (χ0) is 25.5. The van der Waals surface area contributed by atoms with Crippen LogP contribution in [-0.2, 0) is 16.0 Å². The molecular formula is C26H34ClNO6S. The highest BCUT2D eigenvalue weighted by Gasteiger charge is 2.19. The third-order valence-corrected chi connectivity index (χ3v) is 6.42. The molecular weight excluding hydrogens is 490 g/mol. The third-order valence-electron chi connectivity index (χ3n) is 5.06. The lowest BCUT2D eigenvalue weighted by atomic mass is 10.1. The Kier molecular flexibility index (Phi) is 13.4. The van der Waals surface area contributed by atoms with Crippen LogP contribution in [0.5, 0.6) is 11.5 Å². The molecule has 0 aliphatic rings. The maximum atomic E-state index is 12.8. The number of amides is 1. The minimum absolute atomic E-state index is 0.279. The average Bonchev–Trinajstić information content (AvgIpc) is 2.84. The molecule has 0 saturated heterocycles. The van der Waals surface area contributed by atoms with E-state index in [-0.39, 0.29) is 13.0 Å². The second-order valence-corrected chi connectivity index (χ2v) is 9.36. The summed E-state index contributed by atoms with van der Waals surface area (Å²) in [5.74, 6) is 1.83. The first-order valence-electron chi connectivity index (χ1n) is 11.8. The lowest BCUT2D eigenvalue weighted by Gasteiger charge is -2.22. The Balaban J connectivity index is 1.91. The van der Waals surface area contributed by atoms with Crippen LogP contribution in [0, 0.1) is 0 Å². The molecule has 0 fully saturated rings. The SMILES string of the molecule is CCCCSCCN(CCOc1ccc(CC(OCC)C(=O)O)cc1)C(=O)Oc1ccccc1Cl. The number of carbonyl (C=O) groups is 2.